The lowest BCUT2D eigenvalue weighted by molar-refractivity contribution is -0.175. The lowest BCUT2D eigenvalue weighted by Crippen LogP contribution is -2.41. The van der Waals surface area contributed by atoms with Crippen molar-refractivity contribution in [2.45, 2.75) is 19.1 Å². The fraction of sp³-hybridized carbons (Fsp3) is 0.333. The van der Waals surface area contributed by atoms with Gasteiger partial charge in [-0.15, -0.1) is 0 Å². The first-order chi connectivity index (χ1) is 9.25. The number of nitrogens with one attached hydrogen (secondary N) is 1. The normalized spacial score (nSPS) is 12.6. The molecule has 5 nitrogen and oxygen atoms in total. The van der Waals surface area contributed by atoms with Crippen LogP contribution >= 0.6 is 0 Å². The summed E-state index contributed by atoms with van der Waals surface area (Å²) in [5.41, 5.74) is 0.0125. The zero-order valence-corrected chi connectivity index (χ0v) is 10.4. The van der Waals surface area contributed by atoms with Crippen LogP contribution in [0.2, 0.25) is 0 Å². The maximum atomic E-state index is 12.1. The number of aliphatic carboxylic acids is 1. The summed E-state index contributed by atoms with van der Waals surface area (Å²) in [6, 6.07) is 3.60. The monoisotopic (exact) mass is 291 g/mol. The Morgan fingerprint density at radius 2 is 1.85 bits per heavy atom. The third-order valence-corrected chi connectivity index (χ3v) is 2.30. The van der Waals surface area contributed by atoms with Crippen LogP contribution in [0.1, 0.15) is 18.5 Å². The maximum absolute atomic E-state index is 12.1. The van der Waals surface area contributed by atoms with Crippen molar-refractivity contribution in [2.75, 3.05) is 6.61 Å². The molecule has 0 radical (unpaired) electrons. The maximum Gasteiger partial charge on any atom is 0.471 e. The first-order valence-corrected chi connectivity index (χ1v) is 5.59. The number of rotatable bonds is 5. The molecule has 1 aromatic rings. The third-order valence-electron chi connectivity index (χ3n) is 2.30. The van der Waals surface area contributed by atoms with Gasteiger partial charge in [-0.1, -0.05) is 12.1 Å². The molecule has 1 atom stereocenters. The van der Waals surface area contributed by atoms with Crippen molar-refractivity contribution in [3.63, 3.8) is 0 Å². The summed E-state index contributed by atoms with van der Waals surface area (Å²) >= 11 is 0. The number of hydrogen-bond donors (Lipinski definition) is 2. The molecule has 110 valence electrons. The predicted octanol–water partition coefficient (Wildman–Crippen LogP) is 1.89. The Balaban J connectivity index is 2.91. The number of ether oxygens (including phenoxy) is 1. The van der Waals surface area contributed by atoms with Gasteiger partial charge in [0.05, 0.1) is 6.61 Å². The van der Waals surface area contributed by atoms with Gasteiger partial charge in [0.1, 0.15) is 5.75 Å². The van der Waals surface area contributed by atoms with Gasteiger partial charge in [-0.25, -0.2) is 4.79 Å². The number of amides is 1. The minimum atomic E-state index is -5.14. The van der Waals surface area contributed by atoms with E-state index in [2.05, 4.69) is 0 Å². The van der Waals surface area contributed by atoms with E-state index in [1.54, 1.807) is 6.92 Å². The van der Waals surface area contributed by atoms with E-state index < -0.39 is 24.1 Å². The molecule has 0 aliphatic rings. The number of hydrogen-bond acceptors (Lipinski definition) is 3. The number of carboxylic acids is 1. The van der Waals surface area contributed by atoms with Gasteiger partial charge >= 0.3 is 18.1 Å². The summed E-state index contributed by atoms with van der Waals surface area (Å²) in [5, 5.41) is 10.3. The highest BCUT2D eigenvalue weighted by Gasteiger charge is 2.41. The average Bonchev–Trinajstić information content (AvgIpc) is 2.35. The van der Waals surface area contributed by atoms with Crippen LogP contribution in [0.15, 0.2) is 24.3 Å². The van der Waals surface area contributed by atoms with Gasteiger partial charge in [-0.2, -0.15) is 13.2 Å². The molecule has 1 aromatic carbocycles. The minimum Gasteiger partial charge on any atom is -0.494 e. The molecule has 1 unspecified atom stereocenters. The standard InChI is InChI=1S/C12H12F3NO4/c1-2-20-8-5-3-7(4-6-8)9(10(17)18)16-11(19)12(13,14)15/h3-6,9H,2H2,1H3,(H,16,19)(H,17,18). The molecule has 2 N–H and O–H groups in total. The molecule has 0 fully saturated rings. The van der Waals surface area contributed by atoms with Crippen LogP contribution in [-0.4, -0.2) is 29.8 Å². The fourth-order valence-electron chi connectivity index (χ4n) is 1.42. The fourth-order valence-corrected chi connectivity index (χ4v) is 1.42. The van der Waals surface area contributed by atoms with Crippen molar-refractivity contribution in [1.82, 2.24) is 5.32 Å². The molecule has 8 heteroatoms. The number of benzene rings is 1. The van der Waals surface area contributed by atoms with Crippen molar-refractivity contribution in [2.24, 2.45) is 0 Å². The van der Waals surface area contributed by atoms with Crippen LogP contribution in [0, 0.1) is 0 Å². The van der Waals surface area contributed by atoms with Crippen molar-refractivity contribution in [1.29, 1.82) is 0 Å². The van der Waals surface area contributed by atoms with Gasteiger partial charge in [0, 0.05) is 0 Å². The second kappa shape index (κ2) is 6.27. The van der Waals surface area contributed by atoms with Gasteiger partial charge in [0.15, 0.2) is 6.04 Å². The van der Waals surface area contributed by atoms with Crippen LogP contribution in [0.25, 0.3) is 0 Å². The molecule has 0 aliphatic carbocycles. The molecule has 0 aromatic heterocycles. The van der Waals surface area contributed by atoms with Crippen LogP contribution in [0.3, 0.4) is 0 Å². The number of halogens is 3. The molecule has 0 saturated heterocycles. The summed E-state index contributed by atoms with van der Waals surface area (Å²) in [6.45, 7) is 2.14. The van der Waals surface area contributed by atoms with Crippen LogP contribution in [-0.2, 0) is 9.59 Å². The molecular formula is C12H12F3NO4. The first-order valence-electron chi connectivity index (χ1n) is 5.59. The van der Waals surface area contributed by atoms with E-state index in [0.29, 0.717) is 12.4 Å². The summed E-state index contributed by atoms with van der Waals surface area (Å²) in [5.74, 6) is -3.45. The summed E-state index contributed by atoms with van der Waals surface area (Å²) in [7, 11) is 0. The second-order valence-corrected chi connectivity index (χ2v) is 3.74. The molecule has 0 spiro atoms. The zero-order chi connectivity index (χ0) is 15.3. The Morgan fingerprint density at radius 3 is 2.25 bits per heavy atom. The van der Waals surface area contributed by atoms with E-state index in [1.165, 1.54) is 29.6 Å². The van der Waals surface area contributed by atoms with Gasteiger partial charge in [-0.05, 0) is 24.6 Å². The van der Waals surface area contributed by atoms with Crippen molar-refractivity contribution < 1.29 is 32.6 Å². The number of carbonyl (C=O) groups is 2. The average molecular weight is 291 g/mol. The SMILES string of the molecule is CCOc1ccc(C(NC(=O)C(F)(F)F)C(=O)O)cc1. The van der Waals surface area contributed by atoms with E-state index in [-0.39, 0.29) is 5.56 Å². The number of alkyl halides is 3. The molecule has 1 amide bonds. The Hall–Kier alpha value is -2.25. The van der Waals surface area contributed by atoms with Gasteiger partial charge < -0.3 is 15.2 Å². The number of carboxylic acid groups (broad SMARTS) is 1. The van der Waals surface area contributed by atoms with E-state index in [4.69, 9.17) is 9.84 Å². The van der Waals surface area contributed by atoms with E-state index in [1.807, 2.05) is 0 Å². The molecule has 1 rings (SSSR count). The quantitative estimate of drug-likeness (QED) is 0.868. The third kappa shape index (κ3) is 4.15. The predicted molar refractivity (Wildman–Crippen MR) is 62.2 cm³/mol. The Labute approximate surface area is 112 Å². The lowest BCUT2D eigenvalue weighted by atomic mass is 10.1. The van der Waals surface area contributed by atoms with E-state index >= 15 is 0 Å². The van der Waals surface area contributed by atoms with Crippen molar-refractivity contribution >= 4 is 11.9 Å². The molecular weight excluding hydrogens is 279 g/mol. The molecule has 0 saturated carbocycles. The van der Waals surface area contributed by atoms with Crippen LogP contribution < -0.4 is 10.1 Å². The smallest absolute Gasteiger partial charge is 0.471 e. The Bertz CT molecular complexity index is 484. The van der Waals surface area contributed by atoms with Gasteiger partial charge in [0.2, 0.25) is 0 Å². The van der Waals surface area contributed by atoms with Crippen LogP contribution in [0.4, 0.5) is 13.2 Å². The largest absolute Gasteiger partial charge is 0.494 e. The minimum absolute atomic E-state index is 0.0125. The highest BCUT2D eigenvalue weighted by molar-refractivity contribution is 5.87. The molecule has 20 heavy (non-hydrogen) atoms. The summed E-state index contributed by atoms with van der Waals surface area (Å²) in [6.07, 6.45) is -5.14. The van der Waals surface area contributed by atoms with E-state index in [9.17, 15) is 22.8 Å². The summed E-state index contributed by atoms with van der Waals surface area (Å²) in [4.78, 5) is 21.8. The van der Waals surface area contributed by atoms with Crippen LogP contribution in [0.5, 0.6) is 5.75 Å². The molecule has 0 heterocycles. The second-order valence-electron chi connectivity index (χ2n) is 3.74. The van der Waals surface area contributed by atoms with E-state index in [0.717, 1.165) is 0 Å². The Kier molecular flexibility index (Phi) is 4.95. The van der Waals surface area contributed by atoms with Crippen molar-refractivity contribution in [3.05, 3.63) is 29.8 Å². The van der Waals surface area contributed by atoms with Crippen molar-refractivity contribution in [3.8, 4) is 5.75 Å². The first kappa shape index (κ1) is 15.8. The lowest BCUT2D eigenvalue weighted by Gasteiger charge is -2.16. The topological polar surface area (TPSA) is 75.6 Å². The highest BCUT2D eigenvalue weighted by Crippen LogP contribution is 2.21. The van der Waals surface area contributed by atoms with Gasteiger partial charge in [-0.3, -0.25) is 4.79 Å². The molecule has 0 aliphatic heterocycles. The summed E-state index contributed by atoms with van der Waals surface area (Å²) < 4.78 is 41.5. The zero-order valence-electron chi connectivity index (χ0n) is 10.4. The number of carbonyl (C=O) groups excluding carboxylic acids is 1. The van der Waals surface area contributed by atoms with Gasteiger partial charge in [0.25, 0.3) is 0 Å². The Morgan fingerprint density at radius 1 is 1.30 bits per heavy atom. The molecule has 0 bridgehead atoms. The highest BCUT2D eigenvalue weighted by atomic mass is 19.4.